The summed E-state index contributed by atoms with van der Waals surface area (Å²) in [5.41, 5.74) is 2.26. The van der Waals surface area contributed by atoms with Gasteiger partial charge in [0.25, 0.3) is 0 Å². The van der Waals surface area contributed by atoms with Gasteiger partial charge in [-0.2, -0.15) is 0 Å². The lowest BCUT2D eigenvalue weighted by atomic mass is 10.2. The molecule has 0 radical (unpaired) electrons. The molecule has 0 aliphatic carbocycles. The summed E-state index contributed by atoms with van der Waals surface area (Å²) >= 11 is 0. The Morgan fingerprint density at radius 2 is 2.14 bits per heavy atom. The van der Waals surface area contributed by atoms with Crippen molar-refractivity contribution in [2.45, 2.75) is 52.8 Å². The van der Waals surface area contributed by atoms with Gasteiger partial charge < -0.3 is 14.6 Å². The van der Waals surface area contributed by atoms with Crippen molar-refractivity contribution in [2.75, 3.05) is 13.2 Å². The number of aromatic nitrogens is 2. The first kappa shape index (κ1) is 16.0. The molecule has 2 aromatic heterocycles. The molecule has 0 saturated heterocycles. The van der Waals surface area contributed by atoms with Gasteiger partial charge in [-0.05, 0) is 51.4 Å². The van der Waals surface area contributed by atoms with Crippen LogP contribution in [-0.4, -0.2) is 28.3 Å². The molecule has 21 heavy (non-hydrogen) atoms. The molecular weight excluding hydrogens is 262 g/mol. The van der Waals surface area contributed by atoms with Gasteiger partial charge in [0.1, 0.15) is 5.65 Å². The molecule has 4 nitrogen and oxygen atoms in total. The molecular formula is C17H27N3O. The lowest BCUT2D eigenvalue weighted by molar-refractivity contribution is -0.00649. The number of fused-ring (bicyclic) bond motifs is 1. The number of hydrogen-bond donors (Lipinski definition) is 1. The van der Waals surface area contributed by atoms with Crippen molar-refractivity contribution in [3.05, 3.63) is 30.1 Å². The second-order valence-corrected chi connectivity index (χ2v) is 6.36. The van der Waals surface area contributed by atoms with E-state index in [1.807, 2.05) is 12.3 Å². The van der Waals surface area contributed by atoms with E-state index in [-0.39, 0.29) is 5.60 Å². The highest BCUT2D eigenvalue weighted by Crippen LogP contribution is 2.19. The third kappa shape index (κ3) is 4.55. The molecule has 4 heteroatoms. The normalized spacial score (nSPS) is 12.2. The summed E-state index contributed by atoms with van der Waals surface area (Å²) in [4.78, 5) is 4.52. The van der Waals surface area contributed by atoms with Crippen LogP contribution in [0.3, 0.4) is 0 Å². The Labute approximate surface area is 127 Å². The standard InChI is InChI=1S/C17H27N3O/c1-5-8-18-12-14-13-20(10-11-21-17(2,3)4)16-15(14)7-6-9-19-16/h6-7,9,13,18H,5,8,10-12H2,1-4H3. The topological polar surface area (TPSA) is 39.1 Å². The molecule has 0 unspecified atom stereocenters. The highest BCUT2D eigenvalue weighted by Gasteiger charge is 2.12. The molecule has 0 spiro atoms. The van der Waals surface area contributed by atoms with Crippen LogP contribution in [0.4, 0.5) is 0 Å². The average molecular weight is 289 g/mol. The zero-order valence-corrected chi connectivity index (χ0v) is 13.6. The Kier molecular flexibility index (Phi) is 5.37. The largest absolute Gasteiger partial charge is 0.374 e. The molecule has 0 amide bonds. The van der Waals surface area contributed by atoms with Crippen LogP contribution in [0.25, 0.3) is 11.0 Å². The number of nitrogens with one attached hydrogen (secondary N) is 1. The fourth-order valence-corrected chi connectivity index (χ4v) is 2.36. The molecule has 0 bridgehead atoms. The molecule has 0 atom stereocenters. The Balaban J connectivity index is 2.11. The van der Waals surface area contributed by atoms with E-state index in [1.165, 1.54) is 10.9 Å². The lowest BCUT2D eigenvalue weighted by Gasteiger charge is -2.19. The summed E-state index contributed by atoms with van der Waals surface area (Å²) in [6, 6.07) is 4.15. The highest BCUT2D eigenvalue weighted by molar-refractivity contribution is 5.80. The van der Waals surface area contributed by atoms with Crippen LogP contribution < -0.4 is 5.32 Å². The average Bonchev–Trinajstić information content (AvgIpc) is 2.77. The van der Waals surface area contributed by atoms with Crippen LogP contribution in [0.5, 0.6) is 0 Å². The van der Waals surface area contributed by atoms with E-state index in [2.05, 4.69) is 54.8 Å². The maximum absolute atomic E-state index is 5.83. The monoisotopic (exact) mass is 289 g/mol. The van der Waals surface area contributed by atoms with E-state index in [0.29, 0.717) is 6.61 Å². The minimum absolute atomic E-state index is 0.0953. The van der Waals surface area contributed by atoms with E-state index >= 15 is 0 Å². The fourth-order valence-electron chi connectivity index (χ4n) is 2.36. The van der Waals surface area contributed by atoms with Gasteiger partial charge in [-0.25, -0.2) is 4.98 Å². The van der Waals surface area contributed by atoms with Crippen molar-refractivity contribution in [1.82, 2.24) is 14.9 Å². The molecule has 2 rings (SSSR count). The van der Waals surface area contributed by atoms with Gasteiger partial charge >= 0.3 is 0 Å². The SMILES string of the molecule is CCCNCc1cn(CCOC(C)(C)C)c2ncccc12. The van der Waals surface area contributed by atoms with Crippen LogP contribution in [0.15, 0.2) is 24.5 Å². The van der Waals surface area contributed by atoms with E-state index in [0.717, 1.165) is 31.7 Å². The predicted octanol–water partition coefficient (Wildman–Crippen LogP) is 3.35. The van der Waals surface area contributed by atoms with Gasteiger partial charge in [-0.15, -0.1) is 0 Å². The second kappa shape index (κ2) is 7.05. The Hall–Kier alpha value is -1.39. The van der Waals surface area contributed by atoms with Crippen LogP contribution in [0.1, 0.15) is 39.7 Å². The van der Waals surface area contributed by atoms with E-state index in [1.54, 1.807) is 0 Å². The van der Waals surface area contributed by atoms with Crippen molar-refractivity contribution in [3.63, 3.8) is 0 Å². The summed E-state index contributed by atoms with van der Waals surface area (Å²) in [6.45, 7) is 11.9. The highest BCUT2D eigenvalue weighted by atomic mass is 16.5. The van der Waals surface area contributed by atoms with Crippen molar-refractivity contribution in [1.29, 1.82) is 0 Å². The third-order valence-electron chi connectivity index (χ3n) is 3.33. The summed E-state index contributed by atoms with van der Waals surface area (Å²) in [5.74, 6) is 0. The molecule has 2 aromatic rings. The number of ether oxygens (including phenoxy) is 1. The third-order valence-corrected chi connectivity index (χ3v) is 3.33. The van der Waals surface area contributed by atoms with Crippen LogP contribution in [0, 0.1) is 0 Å². The summed E-state index contributed by atoms with van der Waals surface area (Å²) < 4.78 is 8.02. The first-order chi connectivity index (χ1) is 10.0. The number of pyridine rings is 1. The number of hydrogen-bond acceptors (Lipinski definition) is 3. The molecule has 0 fully saturated rings. The molecule has 2 heterocycles. The minimum Gasteiger partial charge on any atom is -0.374 e. The Bertz CT molecular complexity index is 569. The zero-order valence-electron chi connectivity index (χ0n) is 13.6. The molecule has 1 N–H and O–H groups in total. The first-order valence-electron chi connectivity index (χ1n) is 7.78. The molecule has 116 valence electrons. The number of rotatable bonds is 7. The van der Waals surface area contributed by atoms with Gasteiger partial charge in [-0.3, -0.25) is 0 Å². The summed E-state index contributed by atoms with van der Waals surface area (Å²) in [6.07, 6.45) is 5.20. The fraction of sp³-hybridized carbons (Fsp3) is 0.588. The molecule has 0 aromatic carbocycles. The van der Waals surface area contributed by atoms with E-state index in [9.17, 15) is 0 Å². The smallest absolute Gasteiger partial charge is 0.140 e. The first-order valence-corrected chi connectivity index (χ1v) is 7.78. The van der Waals surface area contributed by atoms with E-state index < -0.39 is 0 Å². The molecule has 0 aliphatic rings. The van der Waals surface area contributed by atoms with Crippen molar-refractivity contribution >= 4 is 11.0 Å². The summed E-state index contributed by atoms with van der Waals surface area (Å²) in [7, 11) is 0. The predicted molar refractivity (Wildman–Crippen MR) is 87.4 cm³/mol. The van der Waals surface area contributed by atoms with Crippen LogP contribution in [0.2, 0.25) is 0 Å². The summed E-state index contributed by atoms with van der Waals surface area (Å²) in [5, 5.41) is 4.70. The maximum atomic E-state index is 5.83. The van der Waals surface area contributed by atoms with Gasteiger partial charge in [0.05, 0.1) is 12.2 Å². The maximum Gasteiger partial charge on any atom is 0.140 e. The van der Waals surface area contributed by atoms with Crippen LogP contribution in [-0.2, 0) is 17.8 Å². The van der Waals surface area contributed by atoms with Gasteiger partial charge in [0, 0.05) is 30.9 Å². The van der Waals surface area contributed by atoms with Gasteiger partial charge in [0.15, 0.2) is 0 Å². The lowest BCUT2D eigenvalue weighted by Crippen LogP contribution is -2.21. The van der Waals surface area contributed by atoms with Gasteiger partial charge in [-0.1, -0.05) is 6.92 Å². The Morgan fingerprint density at radius 3 is 2.86 bits per heavy atom. The Morgan fingerprint density at radius 1 is 1.33 bits per heavy atom. The minimum atomic E-state index is -0.0953. The zero-order chi connectivity index (χ0) is 15.3. The molecule has 0 saturated carbocycles. The van der Waals surface area contributed by atoms with Crippen molar-refractivity contribution in [2.24, 2.45) is 0 Å². The second-order valence-electron chi connectivity index (χ2n) is 6.36. The number of nitrogens with zero attached hydrogens (tertiary/aromatic N) is 2. The van der Waals surface area contributed by atoms with Crippen molar-refractivity contribution < 1.29 is 4.74 Å². The van der Waals surface area contributed by atoms with Crippen molar-refractivity contribution in [3.8, 4) is 0 Å². The van der Waals surface area contributed by atoms with E-state index in [4.69, 9.17) is 4.74 Å². The quantitative estimate of drug-likeness (QED) is 0.795. The van der Waals surface area contributed by atoms with Gasteiger partial charge in [0.2, 0.25) is 0 Å². The molecule has 0 aliphatic heterocycles. The van der Waals surface area contributed by atoms with Crippen LogP contribution >= 0.6 is 0 Å².